The normalized spacial score (nSPS) is 17.6. The summed E-state index contributed by atoms with van der Waals surface area (Å²) < 4.78 is 14.2. The number of nitrogens with zero attached hydrogens (tertiary/aromatic N) is 5. The third kappa shape index (κ3) is 6.18. The predicted molar refractivity (Wildman–Crippen MR) is 117 cm³/mol. The van der Waals surface area contributed by atoms with Gasteiger partial charge in [0, 0.05) is 11.7 Å². The van der Waals surface area contributed by atoms with E-state index in [-0.39, 0.29) is 5.02 Å². The number of nitriles is 2. The van der Waals surface area contributed by atoms with Crippen molar-refractivity contribution in [2.24, 2.45) is 0 Å². The maximum absolute atomic E-state index is 12.3. The Morgan fingerprint density at radius 3 is 2.35 bits per heavy atom. The molecule has 0 aliphatic heterocycles. The fraction of sp³-hybridized carbons (Fsp3) is 0.273. The van der Waals surface area contributed by atoms with Crippen molar-refractivity contribution in [2.45, 2.75) is 37.8 Å². The number of hydrogen-bond acceptors (Lipinski definition) is 5. The van der Waals surface area contributed by atoms with Crippen molar-refractivity contribution < 1.29 is 4.39 Å². The van der Waals surface area contributed by atoms with Crippen molar-refractivity contribution in [1.29, 1.82) is 10.5 Å². The van der Waals surface area contributed by atoms with Crippen LogP contribution in [0.15, 0.2) is 49.1 Å². The Balaban J connectivity index is 0.000000229. The van der Waals surface area contributed by atoms with E-state index >= 15 is 0 Å². The number of halogens is 3. The molecule has 0 saturated heterocycles. The van der Waals surface area contributed by atoms with Gasteiger partial charge in [0.2, 0.25) is 0 Å². The van der Waals surface area contributed by atoms with Gasteiger partial charge in [-0.1, -0.05) is 23.2 Å². The standard InChI is InChI=1S/C15H16ClN5.C7H3ClFN/c16-15-7-13(5-4-11(15)8-17)20-12-2-1-3-14(6-12)21-10-18-9-19-21;8-7-3-6(9)2-1-5(7)4-10/h4-5,7,9-10,12,14,20H,1-3,6H2;1-3H. The second-order valence-corrected chi connectivity index (χ2v) is 7.89. The largest absolute Gasteiger partial charge is 0.382 e. The molecule has 1 fully saturated rings. The van der Waals surface area contributed by atoms with E-state index in [1.165, 1.54) is 12.1 Å². The lowest BCUT2D eigenvalue weighted by molar-refractivity contribution is 0.310. The zero-order valence-electron chi connectivity index (χ0n) is 16.5. The lowest BCUT2D eigenvalue weighted by atomic mass is 9.91. The molecule has 2 aromatic carbocycles. The maximum atomic E-state index is 12.3. The van der Waals surface area contributed by atoms with Crippen LogP contribution in [-0.4, -0.2) is 20.8 Å². The Bertz CT molecular complexity index is 1100. The summed E-state index contributed by atoms with van der Waals surface area (Å²) in [5.74, 6) is -0.427. The molecule has 9 heteroatoms. The van der Waals surface area contributed by atoms with Crippen LogP contribution in [0.25, 0.3) is 0 Å². The first kappa shape index (κ1) is 22.6. The highest BCUT2D eigenvalue weighted by Gasteiger charge is 2.23. The van der Waals surface area contributed by atoms with E-state index in [0.29, 0.717) is 28.2 Å². The second-order valence-electron chi connectivity index (χ2n) is 7.08. The van der Waals surface area contributed by atoms with Gasteiger partial charge in [-0.25, -0.2) is 14.1 Å². The van der Waals surface area contributed by atoms with Gasteiger partial charge >= 0.3 is 0 Å². The number of hydrogen-bond donors (Lipinski definition) is 1. The Labute approximate surface area is 189 Å². The van der Waals surface area contributed by atoms with Gasteiger partial charge in [0.05, 0.1) is 27.2 Å². The fourth-order valence-electron chi connectivity index (χ4n) is 3.45. The van der Waals surface area contributed by atoms with Crippen LogP contribution in [0.2, 0.25) is 10.0 Å². The molecule has 0 amide bonds. The Morgan fingerprint density at radius 1 is 1.03 bits per heavy atom. The first-order valence-corrected chi connectivity index (χ1v) is 10.4. The first-order valence-electron chi connectivity index (χ1n) is 9.65. The number of nitrogens with one attached hydrogen (secondary N) is 1. The van der Waals surface area contributed by atoms with Crippen molar-refractivity contribution in [3.8, 4) is 12.1 Å². The number of aromatic nitrogens is 3. The van der Waals surface area contributed by atoms with Gasteiger partial charge < -0.3 is 5.32 Å². The highest BCUT2D eigenvalue weighted by Crippen LogP contribution is 2.30. The molecular weight excluding hydrogens is 438 g/mol. The molecule has 1 aliphatic rings. The van der Waals surface area contributed by atoms with Crippen LogP contribution in [0, 0.1) is 28.5 Å². The van der Waals surface area contributed by atoms with Crippen LogP contribution in [-0.2, 0) is 0 Å². The van der Waals surface area contributed by atoms with Crippen molar-refractivity contribution in [3.63, 3.8) is 0 Å². The van der Waals surface area contributed by atoms with E-state index in [1.54, 1.807) is 18.7 Å². The van der Waals surface area contributed by atoms with Crippen LogP contribution in [0.4, 0.5) is 10.1 Å². The molecule has 1 aliphatic carbocycles. The van der Waals surface area contributed by atoms with Gasteiger partial charge in [0.15, 0.2) is 0 Å². The van der Waals surface area contributed by atoms with Crippen LogP contribution in [0.1, 0.15) is 42.9 Å². The monoisotopic (exact) mass is 456 g/mol. The Morgan fingerprint density at radius 2 is 1.74 bits per heavy atom. The molecule has 1 aromatic heterocycles. The molecule has 0 radical (unpaired) electrons. The summed E-state index contributed by atoms with van der Waals surface area (Å²) in [5.41, 5.74) is 1.76. The third-order valence-electron chi connectivity index (χ3n) is 4.97. The smallest absolute Gasteiger partial charge is 0.137 e. The number of benzene rings is 2. The van der Waals surface area contributed by atoms with Crippen molar-refractivity contribution >= 4 is 28.9 Å². The molecule has 31 heavy (non-hydrogen) atoms. The van der Waals surface area contributed by atoms with Gasteiger partial charge in [-0.3, -0.25) is 0 Å². The predicted octanol–water partition coefficient (Wildman–Crippen LogP) is 5.75. The van der Waals surface area contributed by atoms with E-state index in [2.05, 4.69) is 21.5 Å². The summed E-state index contributed by atoms with van der Waals surface area (Å²) in [6.45, 7) is 0. The average molecular weight is 457 g/mol. The average Bonchev–Trinajstić information content (AvgIpc) is 3.30. The lowest BCUT2D eigenvalue weighted by Gasteiger charge is -2.30. The van der Waals surface area contributed by atoms with Gasteiger partial charge in [0.1, 0.15) is 30.6 Å². The van der Waals surface area contributed by atoms with Crippen molar-refractivity contribution in [2.75, 3.05) is 5.32 Å². The Hall–Kier alpha value is -3.13. The van der Waals surface area contributed by atoms with E-state index in [4.69, 9.17) is 33.7 Å². The molecule has 1 N–H and O–H groups in total. The molecular formula is C22H19Cl2FN6. The maximum Gasteiger partial charge on any atom is 0.137 e. The molecule has 0 bridgehead atoms. The fourth-order valence-corrected chi connectivity index (χ4v) is 3.89. The summed E-state index contributed by atoms with van der Waals surface area (Å²) in [5, 5.41) is 25.6. The van der Waals surface area contributed by atoms with Gasteiger partial charge in [0.25, 0.3) is 0 Å². The van der Waals surface area contributed by atoms with Gasteiger partial charge in [-0.2, -0.15) is 15.6 Å². The SMILES string of the molecule is N#Cc1ccc(F)cc1Cl.N#Cc1ccc(NC2CCCC(n3cncn3)C2)cc1Cl. The number of rotatable bonds is 3. The van der Waals surface area contributed by atoms with Crippen molar-refractivity contribution in [3.05, 3.63) is 76.0 Å². The molecule has 1 saturated carbocycles. The van der Waals surface area contributed by atoms with E-state index in [1.807, 2.05) is 22.9 Å². The lowest BCUT2D eigenvalue weighted by Crippen LogP contribution is -2.29. The molecule has 0 spiro atoms. The van der Waals surface area contributed by atoms with Gasteiger partial charge in [-0.05, 0) is 62.1 Å². The summed E-state index contributed by atoms with van der Waals surface area (Å²) in [6.07, 6.45) is 7.80. The topological polar surface area (TPSA) is 90.3 Å². The summed E-state index contributed by atoms with van der Waals surface area (Å²) in [6, 6.07) is 13.8. The summed E-state index contributed by atoms with van der Waals surface area (Å²) in [7, 11) is 0. The minimum absolute atomic E-state index is 0.155. The molecule has 4 rings (SSSR count). The molecule has 158 valence electrons. The molecule has 6 nitrogen and oxygen atoms in total. The first-order chi connectivity index (χ1) is 15.0. The zero-order valence-corrected chi connectivity index (χ0v) is 18.0. The molecule has 2 unspecified atom stereocenters. The molecule has 2 atom stereocenters. The van der Waals surface area contributed by atoms with E-state index < -0.39 is 5.82 Å². The number of anilines is 1. The third-order valence-corrected chi connectivity index (χ3v) is 5.59. The zero-order chi connectivity index (χ0) is 22.2. The minimum atomic E-state index is -0.427. The highest BCUT2D eigenvalue weighted by atomic mass is 35.5. The summed E-state index contributed by atoms with van der Waals surface area (Å²) in [4.78, 5) is 4.02. The summed E-state index contributed by atoms with van der Waals surface area (Å²) >= 11 is 11.5. The minimum Gasteiger partial charge on any atom is -0.382 e. The van der Waals surface area contributed by atoms with Crippen LogP contribution in [0.5, 0.6) is 0 Å². The van der Waals surface area contributed by atoms with Crippen molar-refractivity contribution in [1.82, 2.24) is 14.8 Å². The van der Waals surface area contributed by atoms with Crippen LogP contribution < -0.4 is 5.32 Å². The van der Waals surface area contributed by atoms with Crippen LogP contribution in [0.3, 0.4) is 0 Å². The second kappa shape index (κ2) is 10.8. The van der Waals surface area contributed by atoms with Crippen LogP contribution >= 0.6 is 23.2 Å². The molecule has 1 heterocycles. The van der Waals surface area contributed by atoms with E-state index in [0.717, 1.165) is 37.4 Å². The highest BCUT2D eigenvalue weighted by molar-refractivity contribution is 6.32. The van der Waals surface area contributed by atoms with Gasteiger partial charge in [-0.15, -0.1) is 0 Å². The molecule has 3 aromatic rings. The quantitative estimate of drug-likeness (QED) is 0.541. The van der Waals surface area contributed by atoms with E-state index in [9.17, 15) is 4.39 Å². The Kier molecular flexibility index (Phi) is 7.83.